The lowest BCUT2D eigenvalue weighted by Gasteiger charge is -2.32. The Morgan fingerprint density at radius 3 is 2.83 bits per heavy atom. The van der Waals surface area contributed by atoms with Gasteiger partial charge in [0.05, 0.1) is 13.2 Å². The molecule has 1 fully saturated rings. The average molecular weight is 516 g/mol. The topological polar surface area (TPSA) is 75.2 Å². The Labute approximate surface area is 190 Å². The second kappa shape index (κ2) is 12.1. The maximum atomic E-state index is 11.8. The zero-order valence-electron chi connectivity index (χ0n) is 17.4. The Kier molecular flexibility index (Phi) is 9.83. The number of nitrogens with zero attached hydrogens (tertiary/aromatic N) is 2. The van der Waals surface area contributed by atoms with Crippen LogP contribution < -0.4 is 15.4 Å². The minimum atomic E-state index is -0.207. The third-order valence-corrected chi connectivity index (χ3v) is 5.13. The van der Waals surface area contributed by atoms with E-state index in [2.05, 4.69) is 35.8 Å². The number of guanidine groups is 1. The van der Waals surface area contributed by atoms with Crippen molar-refractivity contribution in [3.8, 4) is 5.75 Å². The number of hydrogen-bond acceptors (Lipinski definition) is 4. The van der Waals surface area contributed by atoms with E-state index in [1.54, 1.807) is 4.90 Å². The maximum Gasteiger partial charge on any atom is 0.409 e. The van der Waals surface area contributed by atoms with Gasteiger partial charge in [-0.05, 0) is 50.3 Å². The van der Waals surface area contributed by atoms with Crippen LogP contribution in [0.3, 0.4) is 0 Å². The van der Waals surface area contributed by atoms with Gasteiger partial charge in [0.1, 0.15) is 5.75 Å². The predicted molar refractivity (Wildman–Crippen MR) is 125 cm³/mol. The standard InChI is InChI=1S/C21H32N4O3.HI/c1-3-22-20(24-18-8-12-25(13-9-18)21(26)27-4-2)23-11-7-16-5-6-19-17(15-16)10-14-28-19;/h5-6,15,18H,3-4,7-14H2,1-2H3,(H2,22,23,24);1H. The number of benzene rings is 1. The molecule has 0 atom stereocenters. The summed E-state index contributed by atoms with van der Waals surface area (Å²) >= 11 is 0. The number of aliphatic imine (C=N–C) groups is 1. The van der Waals surface area contributed by atoms with Crippen molar-refractivity contribution < 1.29 is 14.3 Å². The largest absolute Gasteiger partial charge is 0.493 e. The average Bonchev–Trinajstić information content (AvgIpc) is 3.17. The van der Waals surface area contributed by atoms with Gasteiger partial charge in [-0.1, -0.05) is 12.1 Å². The number of amides is 1. The Morgan fingerprint density at radius 1 is 1.31 bits per heavy atom. The van der Waals surface area contributed by atoms with E-state index in [1.165, 1.54) is 11.1 Å². The van der Waals surface area contributed by atoms with Crippen LogP contribution in [0, 0.1) is 0 Å². The van der Waals surface area contributed by atoms with E-state index >= 15 is 0 Å². The third kappa shape index (κ3) is 6.94. The Morgan fingerprint density at radius 2 is 2.10 bits per heavy atom. The number of fused-ring (bicyclic) bond motifs is 1. The van der Waals surface area contributed by atoms with Gasteiger partial charge >= 0.3 is 6.09 Å². The van der Waals surface area contributed by atoms with Crippen LogP contribution in [0.4, 0.5) is 4.79 Å². The Balaban J connectivity index is 0.00000300. The van der Waals surface area contributed by atoms with Crippen LogP contribution in [0.1, 0.15) is 37.8 Å². The molecule has 0 bridgehead atoms. The Bertz CT molecular complexity index is 691. The summed E-state index contributed by atoms with van der Waals surface area (Å²) in [7, 11) is 0. The van der Waals surface area contributed by atoms with Crippen molar-refractivity contribution in [1.82, 2.24) is 15.5 Å². The fourth-order valence-corrected chi connectivity index (χ4v) is 3.63. The molecule has 1 aromatic carbocycles. The minimum Gasteiger partial charge on any atom is -0.493 e. The fraction of sp³-hybridized carbons (Fsp3) is 0.619. The van der Waals surface area contributed by atoms with Gasteiger partial charge in [-0.15, -0.1) is 24.0 Å². The highest BCUT2D eigenvalue weighted by molar-refractivity contribution is 14.0. The van der Waals surface area contributed by atoms with Crippen molar-refractivity contribution >= 4 is 36.0 Å². The molecule has 0 unspecified atom stereocenters. The van der Waals surface area contributed by atoms with Crippen molar-refractivity contribution in [2.24, 2.45) is 4.99 Å². The first-order valence-corrected chi connectivity index (χ1v) is 10.4. The number of likely N-dealkylation sites (tertiary alicyclic amines) is 1. The van der Waals surface area contributed by atoms with Crippen molar-refractivity contribution in [3.05, 3.63) is 29.3 Å². The molecule has 29 heavy (non-hydrogen) atoms. The highest BCUT2D eigenvalue weighted by Gasteiger charge is 2.24. The van der Waals surface area contributed by atoms with Gasteiger partial charge in [-0.25, -0.2) is 4.79 Å². The van der Waals surface area contributed by atoms with Gasteiger partial charge < -0.3 is 25.0 Å². The zero-order chi connectivity index (χ0) is 19.8. The summed E-state index contributed by atoms with van der Waals surface area (Å²) in [6, 6.07) is 6.76. The number of rotatable bonds is 6. The summed E-state index contributed by atoms with van der Waals surface area (Å²) in [5.41, 5.74) is 2.60. The molecule has 2 aliphatic rings. The molecule has 2 heterocycles. The van der Waals surface area contributed by atoms with Crippen LogP contribution in [-0.4, -0.2) is 62.4 Å². The first kappa shape index (κ1) is 23.6. The lowest BCUT2D eigenvalue weighted by atomic mass is 10.1. The van der Waals surface area contributed by atoms with E-state index in [-0.39, 0.29) is 30.1 Å². The molecule has 7 nitrogen and oxygen atoms in total. The van der Waals surface area contributed by atoms with E-state index < -0.39 is 0 Å². The zero-order valence-corrected chi connectivity index (χ0v) is 19.7. The molecule has 0 radical (unpaired) electrons. The van der Waals surface area contributed by atoms with Crippen molar-refractivity contribution in [2.75, 3.05) is 39.4 Å². The Hall–Kier alpha value is -1.71. The van der Waals surface area contributed by atoms with Gasteiger partial charge in [-0.3, -0.25) is 4.99 Å². The van der Waals surface area contributed by atoms with E-state index in [0.717, 1.165) is 57.1 Å². The number of carbonyl (C=O) groups excluding carboxylic acids is 1. The molecule has 1 saturated heterocycles. The lowest BCUT2D eigenvalue weighted by molar-refractivity contribution is 0.0963. The van der Waals surface area contributed by atoms with Crippen LogP contribution in [0.25, 0.3) is 0 Å². The highest BCUT2D eigenvalue weighted by atomic mass is 127. The van der Waals surface area contributed by atoms with Crippen LogP contribution >= 0.6 is 24.0 Å². The molecule has 2 aliphatic heterocycles. The molecule has 0 aliphatic carbocycles. The first-order valence-electron chi connectivity index (χ1n) is 10.4. The fourth-order valence-electron chi connectivity index (χ4n) is 3.63. The lowest BCUT2D eigenvalue weighted by Crippen LogP contribution is -2.50. The van der Waals surface area contributed by atoms with Crippen LogP contribution in [-0.2, 0) is 17.6 Å². The molecule has 8 heteroatoms. The monoisotopic (exact) mass is 516 g/mol. The number of nitrogens with one attached hydrogen (secondary N) is 2. The number of ether oxygens (including phenoxy) is 2. The summed E-state index contributed by atoms with van der Waals surface area (Å²) < 4.78 is 10.7. The molecule has 1 amide bonds. The summed E-state index contributed by atoms with van der Waals surface area (Å²) in [5, 5.41) is 6.84. The molecule has 3 rings (SSSR count). The third-order valence-electron chi connectivity index (χ3n) is 5.13. The molecule has 0 saturated carbocycles. The summed E-state index contributed by atoms with van der Waals surface area (Å²) in [6.07, 6.45) is 3.50. The van der Waals surface area contributed by atoms with E-state index in [4.69, 9.17) is 14.5 Å². The second-order valence-corrected chi connectivity index (χ2v) is 7.16. The molecular weight excluding hydrogens is 483 g/mol. The number of piperidine rings is 1. The summed E-state index contributed by atoms with van der Waals surface area (Å²) in [5.74, 6) is 1.87. The summed E-state index contributed by atoms with van der Waals surface area (Å²) in [4.78, 5) is 18.3. The van der Waals surface area contributed by atoms with Crippen LogP contribution in [0.5, 0.6) is 5.75 Å². The highest BCUT2D eigenvalue weighted by Crippen LogP contribution is 2.25. The van der Waals surface area contributed by atoms with Gasteiger partial charge in [0, 0.05) is 38.6 Å². The van der Waals surface area contributed by atoms with E-state index in [1.807, 2.05) is 6.92 Å². The number of carbonyl (C=O) groups is 1. The van der Waals surface area contributed by atoms with E-state index in [0.29, 0.717) is 25.7 Å². The maximum absolute atomic E-state index is 11.8. The van der Waals surface area contributed by atoms with Crippen molar-refractivity contribution in [2.45, 2.75) is 45.6 Å². The molecule has 0 aromatic heterocycles. The van der Waals surface area contributed by atoms with Gasteiger partial charge in [0.2, 0.25) is 0 Å². The molecule has 1 aromatic rings. The van der Waals surface area contributed by atoms with Crippen molar-refractivity contribution in [1.29, 1.82) is 0 Å². The van der Waals surface area contributed by atoms with Crippen LogP contribution in [0.2, 0.25) is 0 Å². The minimum absolute atomic E-state index is 0. The number of hydrogen-bond donors (Lipinski definition) is 2. The summed E-state index contributed by atoms with van der Waals surface area (Å²) in [6.45, 7) is 8.11. The van der Waals surface area contributed by atoms with E-state index in [9.17, 15) is 4.79 Å². The van der Waals surface area contributed by atoms with Gasteiger partial charge in [-0.2, -0.15) is 0 Å². The normalized spacial score (nSPS) is 16.5. The number of halogens is 1. The van der Waals surface area contributed by atoms with Gasteiger partial charge in [0.25, 0.3) is 0 Å². The smallest absolute Gasteiger partial charge is 0.409 e. The van der Waals surface area contributed by atoms with Gasteiger partial charge in [0.15, 0.2) is 5.96 Å². The first-order chi connectivity index (χ1) is 13.7. The van der Waals surface area contributed by atoms with Crippen LogP contribution in [0.15, 0.2) is 23.2 Å². The predicted octanol–water partition coefficient (Wildman–Crippen LogP) is 2.96. The molecule has 0 spiro atoms. The quantitative estimate of drug-likeness (QED) is 0.346. The van der Waals surface area contributed by atoms with Crippen molar-refractivity contribution in [3.63, 3.8) is 0 Å². The SMILES string of the molecule is CCNC(=NCCc1ccc2c(c1)CCO2)NC1CCN(C(=O)OCC)CC1.I. The second-order valence-electron chi connectivity index (χ2n) is 7.16. The molecular formula is C21H33IN4O3. The molecule has 2 N–H and O–H groups in total. The molecule has 162 valence electrons.